The van der Waals surface area contributed by atoms with E-state index in [1.165, 1.54) is 26.2 Å². The summed E-state index contributed by atoms with van der Waals surface area (Å²) in [5.41, 5.74) is 2.56. The number of aromatic nitrogens is 2. The second-order valence-electron chi connectivity index (χ2n) is 5.87. The highest BCUT2D eigenvalue weighted by Crippen LogP contribution is 2.41. The van der Waals surface area contributed by atoms with Crippen LogP contribution < -0.4 is 19.1 Å². The minimum atomic E-state index is -0.208. The molecule has 0 aliphatic carbocycles. The van der Waals surface area contributed by atoms with Crippen LogP contribution in [0, 0.1) is 0 Å². The van der Waals surface area contributed by atoms with E-state index < -0.39 is 0 Å². The third kappa shape index (κ3) is 3.26. The number of halogens is 1. The van der Waals surface area contributed by atoms with Crippen molar-refractivity contribution in [2.24, 2.45) is 7.05 Å². The fraction of sp³-hybridized carbons (Fsp3) is 0.263. The Morgan fingerprint density at radius 3 is 2.26 bits per heavy atom. The first-order valence-electron chi connectivity index (χ1n) is 8.11. The predicted molar refractivity (Wildman–Crippen MR) is 105 cm³/mol. The number of amides is 1. The van der Waals surface area contributed by atoms with Crippen molar-refractivity contribution < 1.29 is 19.0 Å². The van der Waals surface area contributed by atoms with Gasteiger partial charge in [0, 0.05) is 26.2 Å². The van der Waals surface area contributed by atoms with Gasteiger partial charge in [-0.2, -0.15) is 0 Å². The van der Waals surface area contributed by atoms with E-state index in [4.69, 9.17) is 25.8 Å². The van der Waals surface area contributed by atoms with Crippen LogP contribution in [0.3, 0.4) is 0 Å². The number of hydrogen-bond acceptors (Lipinski definition) is 5. The molecule has 0 spiro atoms. The monoisotopic (exact) mass is 389 g/mol. The molecule has 1 amide bonds. The van der Waals surface area contributed by atoms with Crippen molar-refractivity contribution in [3.8, 4) is 17.2 Å². The van der Waals surface area contributed by atoms with Gasteiger partial charge in [0.05, 0.1) is 38.1 Å². The summed E-state index contributed by atoms with van der Waals surface area (Å²) in [6.07, 6.45) is 0. The number of carbonyl (C=O) groups is 1. The summed E-state index contributed by atoms with van der Waals surface area (Å²) in [6, 6.07) is 8.69. The summed E-state index contributed by atoms with van der Waals surface area (Å²) in [5.74, 6) is 1.20. The lowest BCUT2D eigenvalue weighted by atomic mass is 10.2. The molecule has 0 aliphatic rings. The average Bonchev–Trinajstić information content (AvgIpc) is 3.01. The van der Waals surface area contributed by atoms with Crippen molar-refractivity contribution in [1.29, 1.82) is 0 Å². The smallest absolute Gasteiger partial charge is 0.274 e. The van der Waals surface area contributed by atoms with Gasteiger partial charge in [0.2, 0.25) is 5.75 Å². The lowest BCUT2D eigenvalue weighted by molar-refractivity contribution is 0.0985. The van der Waals surface area contributed by atoms with Crippen molar-refractivity contribution in [2.75, 3.05) is 33.3 Å². The lowest BCUT2D eigenvalue weighted by Crippen LogP contribution is -2.28. The minimum Gasteiger partial charge on any atom is -0.493 e. The van der Waals surface area contributed by atoms with Crippen LogP contribution in [0.1, 0.15) is 10.5 Å². The first-order valence-corrected chi connectivity index (χ1v) is 8.49. The summed E-state index contributed by atoms with van der Waals surface area (Å²) in [5, 5.41) is 0.380. The van der Waals surface area contributed by atoms with Gasteiger partial charge in [-0.05, 0) is 18.2 Å². The van der Waals surface area contributed by atoms with Gasteiger partial charge in [0.1, 0.15) is 10.8 Å². The molecule has 0 aliphatic heterocycles. The van der Waals surface area contributed by atoms with Crippen LogP contribution >= 0.6 is 11.6 Å². The second-order valence-corrected chi connectivity index (χ2v) is 6.26. The molecule has 27 heavy (non-hydrogen) atoms. The number of nitrogens with zero attached hydrogens (tertiary/aromatic N) is 3. The van der Waals surface area contributed by atoms with Crippen LogP contribution in [-0.2, 0) is 7.05 Å². The van der Waals surface area contributed by atoms with Gasteiger partial charge in [-0.15, -0.1) is 0 Å². The van der Waals surface area contributed by atoms with E-state index in [0.29, 0.717) is 39.3 Å². The number of rotatable bonds is 5. The Kier molecular flexibility index (Phi) is 5.14. The lowest BCUT2D eigenvalue weighted by Gasteiger charge is -2.21. The highest BCUT2D eigenvalue weighted by Gasteiger charge is 2.22. The molecule has 3 aromatic rings. The first kappa shape index (κ1) is 18.8. The summed E-state index contributed by atoms with van der Waals surface area (Å²) in [4.78, 5) is 18.9. The molecular weight excluding hydrogens is 370 g/mol. The maximum absolute atomic E-state index is 13.1. The van der Waals surface area contributed by atoms with Crippen molar-refractivity contribution in [3.63, 3.8) is 0 Å². The first-order chi connectivity index (χ1) is 12.9. The molecule has 0 radical (unpaired) electrons. The zero-order valence-electron chi connectivity index (χ0n) is 15.7. The van der Waals surface area contributed by atoms with Gasteiger partial charge in [-0.25, -0.2) is 4.98 Å². The maximum atomic E-state index is 13.1. The Morgan fingerprint density at radius 1 is 1.07 bits per heavy atom. The third-order valence-corrected chi connectivity index (χ3v) is 4.64. The van der Waals surface area contributed by atoms with Crippen molar-refractivity contribution >= 4 is 34.2 Å². The highest BCUT2D eigenvalue weighted by molar-refractivity contribution is 6.29. The Labute approximate surface area is 162 Å². The zero-order valence-corrected chi connectivity index (χ0v) is 16.5. The molecule has 0 atom stereocenters. The van der Waals surface area contributed by atoms with Crippen LogP contribution in [0.2, 0.25) is 5.15 Å². The molecule has 0 bridgehead atoms. The van der Waals surface area contributed by atoms with Gasteiger partial charge in [-0.3, -0.25) is 4.79 Å². The summed E-state index contributed by atoms with van der Waals surface area (Å²) in [7, 11) is 8.09. The molecule has 0 saturated carbocycles. The van der Waals surface area contributed by atoms with Crippen molar-refractivity contribution in [3.05, 3.63) is 41.2 Å². The number of carbonyl (C=O) groups excluding carboxylic acids is 1. The van der Waals surface area contributed by atoms with E-state index in [9.17, 15) is 4.79 Å². The van der Waals surface area contributed by atoms with Crippen LogP contribution in [0.25, 0.3) is 11.0 Å². The summed E-state index contributed by atoms with van der Waals surface area (Å²) >= 11 is 5.96. The molecule has 1 aromatic carbocycles. The van der Waals surface area contributed by atoms with E-state index in [1.54, 1.807) is 35.9 Å². The van der Waals surface area contributed by atoms with E-state index in [2.05, 4.69) is 4.98 Å². The van der Waals surface area contributed by atoms with Crippen molar-refractivity contribution in [2.45, 2.75) is 0 Å². The number of methoxy groups -OCH3 is 3. The predicted octanol–water partition coefficient (Wildman–Crippen LogP) is 3.53. The fourth-order valence-corrected chi connectivity index (χ4v) is 3.10. The van der Waals surface area contributed by atoms with Gasteiger partial charge < -0.3 is 23.7 Å². The van der Waals surface area contributed by atoms with Crippen LogP contribution in [0.4, 0.5) is 5.69 Å². The molecule has 0 saturated heterocycles. The van der Waals surface area contributed by atoms with E-state index in [1.807, 2.05) is 13.1 Å². The third-order valence-electron chi connectivity index (χ3n) is 4.43. The molecule has 0 unspecified atom stereocenters. The van der Waals surface area contributed by atoms with Gasteiger partial charge >= 0.3 is 0 Å². The number of pyridine rings is 1. The standard InChI is InChI=1S/C19H20ClN3O4/c1-22(11-8-15(25-3)18(27-5)16(9-11)26-4)19(24)14-10-12-13(23(14)2)6-7-17(20)21-12/h6-10H,1-5H3. The van der Waals surface area contributed by atoms with Crippen LogP contribution in [0.15, 0.2) is 30.3 Å². The molecule has 2 heterocycles. The molecule has 142 valence electrons. The number of anilines is 1. The fourth-order valence-electron chi connectivity index (χ4n) is 2.94. The van der Waals surface area contributed by atoms with Gasteiger partial charge in [0.25, 0.3) is 5.91 Å². The molecule has 8 heteroatoms. The number of benzene rings is 1. The van der Waals surface area contributed by atoms with Crippen molar-refractivity contribution in [1.82, 2.24) is 9.55 Å². The number of aryl methyl sites for hydroxylation is 1. The number of ether oxygens (including phenoxy) is 3. The molecule has 0 N–H and O–H groups in total. The normalized spacial score (nSPS) is 10.7. The van der Waals surface area contributed by atoms with E-state index in [0.717, 1.165) is 5.52 Å². The minimum absolute atomic E-state index is 0.208. The highest BCUT2D eigenvalue weighted by atomic mass is 35.5. The topological polar surface area (TPSA) is 65.8 Å². The Bertz CT molecular complexity index is 991. The van der Waals surface area contributed by atoms with Crippen LogP contribution in [-0.4, -0.2) is 43.8 Å². The molecule has 2 aromatic heterocycles. The Morgan fingerprint density at radius 2 is 1.70 bits per heavy atom. The quantitative estimate of drug-likeness (QED) is 0.624. The molecule has 3 rings (SSSR count). The Balaban J connectivity index is 2.04. The van der Waals surface area contributed by atoms with E-state index >= 15 is 0 Å². The molecule has 7 nitrogen and oxygen atoms in total. The van der Waals surface area contributed by atoms with Gasteiger partial charge in [-0.1, -0.05) is 11.6 Å². The zero-order chi connectivity index (χ0) is 19.7. The number of fused-ring (bicyclic) bond motifs is 1. The summed E-state index contributed by atoms with van der Waals surface area (Å²) < 4.78 is 17.9. The van der Waals surface area contributed by atoms with Gasteiger partial charge in [0.15, 0.2) is 11.5 Å². The average molecular weight is 390 g/mol. The number of hydrogen-bond donors (Lipinski definition) is 0. The molecular formula is C19H20ClN3O4. The van der Waals surface area contributed by atoms with E-state index in [-0.39, 0.29) is 5.91 Å². The molecule has 0 fully saturated rings. The maximum Gasteiger partial charge on any atom is 0.274 e. The second kappa shape index (κ2) is 7.36. The SMILES string of the molecule is COc1cc(N(C)C(=O)c2cc3nc(Cl)ccc3n2C)cc(OC)c1OC. The Hall–Kier alpha value is -2.93. The summed E-state index contributed by atoms with van der Waals surface area (Å²) in [6.45, 7) is 0. The van der Waals surface area contributed by atoms with Crippen LogP contribution in [0.5, 0.6) is 17.2 Å². The largest absolute Gasteiger partial charge is 0.493 e.